The minimum atomic E-state index is -0.722. The number of carbonyl (C=O) groups excluding carboxylic acids is 2. The summed E-state index contributed by atoms with van der Waals surface area (Å²) >= 11 is 0. The molecule has 2 atom stereocenters. The summed E-state index contributed by atoms with van der Waals surface area (Å²) in [5, 5.41) is 4.01. The first-order valence-electron chi connectivity index (χ1n) is 9.50. The molecule has 3 heterocycles. The number of aliphatic imine (C=N–C) groups is 1. The number of amides is 2. The quantitative estimate of drug-likeness (QED) is 0.912. The molecule has 1 aromatic carbocycles. The molecule has 4 rings (SSSR count). The molecule has 2 aliphatic rings. The molecule has 27 heavy (non-hydrogen) atoms. The molecular weight excluding hydrogens is 338 g/mol. The van der Waals surface area contributed by atoms with E-state index in [9.17, 15) is 9.59 Å². The van der Waals surface area contributed by atoms with Gasteiger partial charge in [-0.05, 0) is 56.0 Å². The molecule has 138 valence electrons. The van der Waals surface area contributed by atoms with Crippen LogP contribution >= 0.6 is 0 Å². The highest BCUT2D eigenvalue weighted by atomic mass is 16.2. The Bertz CT molecular complexity index is 992. The molecule has 2 aliphatic heterocycles. The molecule has 2 aromatic rings. The Morgan fingerprint density at radius 2 is 2.15 bits per heavy atom. The van der Waals surface area contributed by atoms with Gasteiger partial charge in [0.2, 0.25) is 5.91 Å². The van der Waals surface area contributed by atoms with E-state index in [1.165, 1.54) is 5.56 Å². The van der Waals surface area contributed by atoms with E-state index in [1.807, 2.05) is 31.2 Å². The number of pyridine rings is 1. The van der Waals surface area contributed by atoms with Gasteiger partial charge in [-0.1, -0.05) is 19.1 Å². The molecule has 0 saturated carbocycles. The number of nitrogens with one attached hydrogen (secondary N) is 1. The van der Waals surface area contributed by atoms with Gasteiger partial charge < -0.3 is 5.32 Å². The molecule has 0 radical (unpaired) electrons. The standard InChI is InChI=1S/C22H23N3O2/c1-3-14-12-15(13-19-16(14)6-4-10-23-19)18-8-7-17(20(26)25-18)22(2)9-5-11-24-21(22)27/h4,6-8,10,12-13,17H,3,5,9,11H2,1-2H3,(H,24,27)/t17?,22-/m1/s1. The van der Waals surface area contributed by atoms with Gasteiger partial charge in [0.15, 0.2) is 0 Å². The number of allylic oxidation sites excluding steroid dienone is 1. The zero-order chi connectivity index (χ0) is 19.0. The van der Waals surface area contributed by atoms with Crippen LogP contribution in [0.5, 0.6) is 0 Å². The minimum Gasteiger partial charge on any atom is -0.356 e. The number of aromatic nitrogens is 1. The number of rotatable bonds is 3. The summed E-state index contributed by atoms with van der Waals surface area (Å²) in [6.07, 6.45) is 7.96. The molecule has 0 bridgehead atoms. The summed E-state index contributed by atoms with van der Waals surface area (Å²) in [5.74, 6) is -0.810. The van der Waals surface area contributed by atoms with Crippen molar-refractivity contribution in [1.82, 2.24) is 10.3 Å². The number of fused-ring (bicyclic) bond motifs is 1. The third kappa shape index (κ3) is 2.97. The van der Waals surface area contributed by atoms with Crippen molar-refractivity contribution in [3.63, 3.8) is 0 Å². The SMILES string of the molecule is CCc1cc(C2=NC(=O)C([C@@]3(C)CCCNC3=O)C=C2)cc2ncccc12. The van der Waals surface area contributed by atoms with Gasteiger partial charge in [-0.15, -0.1) is 0 Å². The number of hydrogen-bond acceptors (Lipinski definition) is 3. The van der Waals surface area contributed by atoms with Crippen molar-refractivity contribution < 1.29 is 9.59 Å². The van der Waals surface area contributed by atoms with Gasteiger partial charge in [0, 0.05) is 23.7 Å². The molecule has 1 N–H and O–H groups in total. The van der Waals surface area contributed by atoms with Gasteiger partial charge in [-0.2, -0.15) is 0 Å². The second kappa shape index (κ2) is 6.72. The van der Waals surface area contributed by atoms with E-state index in [0.717, 1.165) is 29.3 Å². The van der Waals surface area contributed by atoms with Crippen LogP contribution in [0.4, 0.5) is 0 Å². The van der Waals surface area contributed by atoms with Crippen LogP contribution in [0.1, 0.15) is 37.8 Å². The molecular formula is C22H23N3O2. The number of carbonyl (C=O) groups is 2. The Morgan fingerprint density at radius 3 is 2.89 bits per heavy atom. The van der Waals surface area contributed by atoms with E-state index in [2.05, 4.69) is 34.3 Å². The predicted molar refractivity (Wildman–Crippen MR) is 106 cm³/mol. The summed E-state index contributed by atoms with van der Waals surface area (Å²) in [4.78, 5) is 34.0. The fourth-order valence-corrected chi connectivity index (χ4v) is 4.11. The average Bonchev–Trinajstić information content (AvgIpc) is 2.69. The third-order valence-electron chi connectivity index (χ3n) is 5.79. The molecule has 1 aromatic heterocycles. The van der Waals surface area contributed by atoms with E-state index >= 15 is 0 Å². The lowest BCUT2D eigenvalue weighted by Crippen LogP contribution is -2.50. The lowest BCUT2D eigenvalue weighted by molar-refractivity contribution is -0.140. The Kier molecular flexibility index (Phi) is 4.38. The summed E-state index contributed by atoms with van der Waals surface area (Å²) < 4.78 is 0. The normalized spacial score (nSPS) is 25.4. The molecule has 0 aliphatic carbocycles. The number of benzene rings is 1. The largest absolute Gasteiger partial charge is 0.356 e. The monoisotopic (exact) mass is 361 g/mol. The molecule has 2 amide bonds. The van der Waals surface area contributed by atoms with Crippen molar-refractivity contribution in [1.29, 1.82) is 0 Å². The smallest absolute Gasteiger partial charge is 0.254 e. The van der Waals surface area contributed by atoms with Crippen LogP contribution in [0.3, 0.4) is 0 Å². The first-order chi connectivity index (χ1) is 13.0. The maximum Gasteiger partial charge on any atom is 0.254 e. The highest BCUT2D eigenvalue weighted by Gasteiger charge is 2.45. The van der Waals surface area contributed by atoms with E-state index in [-0.39, 0.29) is 11.8 Å². The zero-order valence-corrected chi connectivity index (χ0v) is 15.7. The summed E-state index contributed by atoms with van der Waals surface area (Å²) in [6, 6.07) is 8.05. The van der Waals surface area contributed by atoms with Gasteiger partial charge in [-0.25, -0.2) is 4.99 Å². The van der Waals surface area contributed by atoms with E-state index in [0.29, 0.717) is 18.7 Å². The van der Waals surface area contributed by atoms with Crippen LogP contribution < -0.4 is 5.32 Å². The number of piperidine rings is 1. The average molecular weight is 361 g/mol. The summed E-state index contributed by atoms with van der Waals surface area (Å²) in [6.45, 7) is 4.65. The molecule has 0 spiro atoms. The van der Waals surface area contributed by atoms with Crippen LogP contribution in [0.2, 0.25) is 0 Å². The highest BCUT2D eigenvalue weighted by Crippen LogP contribution is 2.38. The molecule has 5 nitrogen and oxygen atoms in total. The first kappa shape index (κ1) is 17.6. The number of hydrogen-bond donors (Lipinski definition) is 1. The summed E-state index contributed by atoms with van der Waals surface area (Å²) in [5.41, 5.74) is 2.88. The van der Waals surface area contributed by atoms with E-state index in [4.69, 9.17) is 0 Å². The number of nitrogens with zero attached hydrogens (tertiary/aromatic N) is 2. The van der Waals surface area contributed by atoms with Gasteiger partial charge in [0.1, 0.15) is 0 Å². The van der Waals surface area contributed by atoms with Crippen LogP contribution in [0, 0.1) is 11.3 Å². The molecule has 1 unspecified atom stereocenters. The van der Waals surface area contributed by atoms with E-state index < -0.39 is 11.3 Å². The van der Waals surface area contributed by atoms with Crippen LogP contribution in [-0.2, 0) is 16.0 Å². The first-order valence-corrected chi connectivity index (χ1v) is 9.50. The van der Waals surface area contributed by atoms with Crippen molar-refractivity contribution in [2.24, 2.45) is 16.3 Å². The third-order valence-corrected chi connectivity index (χ3v) is 5.79. The number of dihydropyridines is 1. The zero-order valence-electron chi connectivity index (χ0n) is 15.7. The molecule has 1 saturated heterocycles. The second-order valence-electron chi connectivity index (χ2n) is 7.51. The van der Waals surface area contributed by atoms with Gasteiger partial charge in [0.25, 0.3) is 5.91 Å². The molecule has 1 fully saturated rings. The van der Waals surface area contributed by atoms with Crippen molar-refractivity contribution in [3.05, 3.63) is 53.7 Å². The predicted octanol–water partition coefficient (Wildman–Crippen LogP) is 3.22. The highest BCUT2D eigenvalue weighted by molar-refractivity contribution is 6.17. The maximum atomic E-state index is 12.8. The van der Waals surface area contributed by atoms with Crippen LogP contribution in [0.25, 0.3) is 10.9 Å². The summed E-state index contributed by atoms with van der Waals surface area (Å²) in [7, 11) is 0. The lowest BCUT2D eigenvalue weighted by atomic mass is 9.70. The Hall–Kier alpha value is -2.82. The van der Waals surface area contributed by atoms with Crippen LogP contribution in [-0.4, -0.2) is 29.1 Å². The fraction of sp³-hybridized carbons (Fsp3) is 0.364. The Balaban J connectivity index is 1.69. The Morgan fingerprint density at radius 1 is 1.30 bits per heavy atom. The van der Waals surface area contributed by atoms with Gasteiger partial charge >= 0.3 is 0 Å². The van der Waals surface area contributed by atoms with E-state index in [1.54, 1.807) is 6.20 Å². The van der Waals surface area contributed by atoms with Gasteiger partial charge in [-0.3, -0.25) is 14.6 Å². The fourth-order valence-electron chi connectivity index (χ4n) is 4.11. The minimum absolute atomic E-state index is 0.0569. The maximum absolute atomic E-state index is 12.8. The topological polar surface area (TPSA) is 71.4 Å². The number of aryl methyl sites for hydroxylation is 1. The van der Waals surface area contributed by atoms with Crippen LogP contribution in [0.15, 0.2) is 47.6 Å². The second-order valence-corrected chi connectivity index (χ2v) is 7.51. The lowest BCUT2D eigenvalue weighted by Gasteiger charge is -2.37. The van der Waals surface area contributed by atoms with Crippen molar-refractivity contribution >= 4 is 28.4 Å². The van der Waals surface area contributed by atoms with Gasteiger partial charge in [0.05, 0.1) is 22.6 Å². The molecule has 5 heteroatoms. The van der Waals surface area contributed by atoms with Crippen molar-refractivity contribution in [2.75, 3.05) is 6.54 Å². The Labute approximate surface area is 158 Å². The van der Waals surface area contributed by atoms with Crippen molar-refractivity contribution in [2.45, 2.75) is 33.1 Å². The van der Waals surface area contributed by atoms with Crippen molar-refractivity contribution in [3.8, 4) is 0 Å².